The minimum atomic E-state index is 0.866. The number of hydrogen-bond donors (Lipinski definition) is 0. The molecule has 1 aromatic heterocycles. The number of aryl methyl sites for hydroxylation is 1. The molecule has 0 aliphatic rings. The summed E-state index contributed by atoms with van der Waals surface area (Å²) >= 11 is 0. The Balaban J connectivity index is 2.37. The van der Waals surface area contributed by atoms with Crippen molar-refractivity contribution in [1.82, 2.24) is 4.57 Å². The van der Waals surface area contributed by atoms with Crippen molar-refractivity contribution in [3.8, 4) is 11.3 Å². The van der Waals surface area contributed by atoms with Crippen LogP contribution >= 0.6 is 0 Å². The molecular weight excluding hydrogens is 254 g/mol. The molecule has 0 radical (unpaired) electrons. The number of fused-ring (bicyclic) bond motifs is 1. The zero-order chi connectivity index (χ0) is 14.8. The summed E-state index contributed by atoms with van der Waals surface area (Å²) in [4.78, 5) is 0. The van der Waals surface area contributed by atoms with E-state index in [2.05, 4.69) is 79.6 Å². The molecule has 0 fully saturated rings. The van der Waals surface area contributed by atoms with Gasteiger partial charge in [-0.1, -0.05) is 67.6 Å². The van der Waals surface area contributed by atoms with Crippen molar-refractivity contribution >= 4 is 10.9 Å². The second-order valence-corrected chi connectivity index (χ2v) is 5.61. The van der Waals surface area contributed by atoms with Crippen LogP contribution in [0, 0.1) is 0 Å². The van der Waals surface area contributed by atoms with E-state index in [9.17, 15) is 0 Å². The number of allylic oxidation sites excluding steroid dienone is 1. The summed E-state index contributed by atoms with van der Waals surface area (Å²) in [5, 5.41) is 1.36. The van der Waals surface area contributed by atoms with Gasteiger partial charge < -0.3 is 4.57 Å². The number of aromatic nitrogens is 1. The number of benzene rings is 2. The number of nitrogens with zero attached hydrogens (tertiary/aromatic N) is 1. The minimum absolute atomic E-state index is 0.866. The molecule has 0 bridgehead atoms. The standard InChI is InChI=1S/C20H21N/c1-4-17-18-12-8-9-13-19(18)21(14-15(2)3)20(17)16-10-6-5-7-11-16/h5-13H,2,4,14H2,1,3H3. The SMILES string of the molecule is C=C(C)Cn1c(-c2ccccc2)c(CC)c2ccccc21. The Morgan fingerprint density at radius 1 is 1.00 bits per heavy atom. The van der Waals surface area contributed by atoms with Crippen molar-refractivity contribution < 1.29 is 0 Å². The van der Waals surface area contributed by atoms with Crippen LogP contribution in [-0.4, -0.2) is 4.57 Å². The molecule has 0 N–H and O–H groups in total. The number of hydrogen-bond acceptors (Lipinski definition) is 0. The Morgan fingerprint density at radius 3 is 2.33 bits per heavy atom. The zero-order valence-corrected chi connectivity index (χ0v) is 12.8. The highest BCUT2D eigenvalue weighted by Gasteiger charge is 2.16. The van der Waals surface area contributed by atoms with Gasteiger partial charge >= 0.3 is 0 Å². The molecule has 21 heavy (non-hydrogen) atoms. The molecule has 2 aromatic carbocycles. The maximum atomic E-state index is 4.11. The summed E-state index contributed by atoms with van der Waals surface area (Å²) in [6, 6.07) is 19.4. The van der Waals surface area contributed by atoms with E-state index in [4.69, 9.17) is 0 Å². The molecule has 0 saturated heterocycles. The highest BCUT2D eigenvalue weighted by molar-refractivity contribution is 5.92. The van der Waals surface area contributed by atoms with Crippen LogP contribution in [0.1, 0.15) is 19.4 Å². The Bertz CT molecular complexity index is 778. The quantitative estimate of drug-likeness (QED) is 0.558. The topological polar surface area (TPSA) is 4.93 Å². The summed E-state index contributed by atoms with van der Waals surface area (Å²) in [5.74, 6) is 0. The maximum absolute atomic E-state index is 4.11. The summed E-state index contributed by atoms with van der Waals surface area (Å²) in [7, 11) is 0. The van der Waals surface area contributed by atoms with Crippen LogP contribution in [0.4, 0.5) is 0 Å². The van der Waals surface area contributed by atoms with Gasteiger partial charge in [-0.25, -0.2) is 0 Å². The van der Waals surface area contributed by atoms with Crippen molar-refractivity contribution in [2.75, 3.05) is 0 Å². The Hall–Kier alpha value is -2.28. The van der Waals surface area contributed by atoms with Gasteiger partial charge in [0.25, 0.3) is 0 Å². The third-order valence-electron chi connectivity index (χ3n) is 3.90. The van der Waals surface area contributed by atoms with Gasteiger partial charge in [0.15, 0.2) is 0 Å². The first-order valence-electron chi connectivity index (χ1n) is 7.52. The molecule has 0 atom stereocenters. The molecule has 3 aromatic rings. The fraction of sp³-hybridized carbons (Fsp3) is 0.200. The van der Waals surface area contributed by atoms with E-state index in [1.54, 1.807) is 0 Å². The summed E-state index contributed by atoms with van der Waals surface area (Å²) in [5.41, 5.74) is 6.53. The lowest BCUT2D eigenvalue weighted by Crippen LogP contribution is -2.01. The predicted octanol–water partition coefficient (Wildman–Crippen LogP) is 5.45. The first-order valence-corrected chi connectivity index (χ1v) is 7.52. The van der Waals surface area contributed by atoms with E-state index in [1.165, 1.54) is 33.3 Å². The molecule has 0 amide bonds. The second-order valence-electron chi connectivity index (χ2n) is 5.61. The summed E-state index contributed by atoms with van der Waals surface area (Å²) in [6.45, 7) is 9.30. The highest BCUT2D eigenvalue weighted by atomic mass is 15.0. The average Bonchev–Trinajstić information content (AvgIpc) is 2.81. The lowest BCUT2D eigenvalue weighted by Gasteiger charge is -2.12. The van der Waals surface area contributed by atoms with Crippen LogP contribution in [0.5, 0.6) is 0 Å². The molecule has 1 nitrogen and oxygen atoms in total. The largest absolute Gasteiger partial charge is 0.336 e. The molecule has 0 aliphatic carbocycles. The van der Waals surface area contributed by atoms with Crippen LogP contribution in [0.15, 0.2) is 66.7 Å². The Kier molecular flexibility index (Phi) is 3.66. The van der Waals surface area contributed by atoms with Crippen molar-refractivity contribution in [1.29, 1.82) is 0 Å². The minimum Gasteiger partial charge on any atom is -0.336 e. The smallest absolute Gasteiger partial charge is 0.0526 e. The molecule has 0 spiro atoms. The normalized spacial score (nSPS) is 11.0. The highest BCUT2D eigenvalue weighted by Crippen LogP contribution is 2.34. The maximum Gasteiger partial charge on any atom is 0.0526 e. The first kappa shape index (κ1) is 13.7. The summed E-state index contributed by atoms with van der Waals surface area (Å²) in [6.07, 6.45) is 1.04. The number of para-hydroxylation sites is 1. The zero-order valence-electron chi connectivity index (χ0n) is 12.8. The van der Waals surface area contributed by atoms with Gasteiger partial charge in [0.1, 0.15) is 0 Å². The monoisotopic (exact) mass is 275 g/mol. The molecule has 106 valence electrons. The molecule has 1 heteroatoms. The third kappa shape index (κ3) is 2.40. The molecule has 0 saturated carbocycles. The van der Waals surface area contributed by atoms with Gasteiger partial charge in [-0.15, -0.1) is 0 Å². The van der Waals surface area contributed by atoms with Gasteiger partial charge in [-0.3, -0.25) is 0 Å². The van der Waals surface area contributed by atoms with E-state index in [1.807, 2.05) is 0 Å². The lowest BCUT2D eigenvalue weighted by molar-refractivity contribution is 0.825. The van der Waals surface area contributed by atoms with Crippen molar-refractivity contribution in [2.45, 2.75) is 26.8 Å². The Morgan fingerprint density at radius 2 is 1.67 bits per heavy atom. The second kappa shape index (κ2) is 5.61. The van der Waals surface area contributed by atoms with E-state index in [0.29, 0.717) is 0 Å². The predicted molar refractivity (Wildman–Crippen MR) is 91.6 cm³/mol. The van der Waals surface area contributed by atoms with E-state index >= 15 is 0 Å². The van der Waals surface area contributed by atoms with Crippen molar-refractivity contribution in [3.05, 3.63) is 72.3 Å². The molecule has 3 rings (SSSR count). The van der Waals surface area contributed by atoms with Gasteiger partial charge in [-0.05, 0) is 30.5 Å². The van der Waals surface area contributed by atoms with Gasteiger partial charge in [0.05, 0.1) is 5.69 Å². The van der Waals surface area contributed by atoms with Crippen molar-refractivity contribution in [3.63, 3.8) is 0 Å². The molecule has 0 aliphatic heterocycles. The first-order chi connectivity index (χ1) is 10.2. The van der Waals surface area contributed by atoms with E-state index in [-0.39, 0.29) is 0 Å². The average molecular weight is 275 g/mol. The summed E-state index contributed by atoms with van der Waals surface area (Å²) < 4.78 is 2.41. The third-order valence-corrected chi connectivity index (χ3v) is 3.90. The van der Waals surface area contributed by atoms with Gasteiger partial charge in [-0.2, -0.15) is 0 Å². The fourth-order valence-corrected chi connectivity index (χ4v) is 3.09. The van der Waals surface area contributed by atoms with Crippen LogP contribution in [0.25, 0.3) is 22.2 Å². The molecule has 1 heterocycles. The van der Waals surface area contributed by atoms with Crippen LogP contribution in [0.2, 0.25) is 0 Å². The number of rotatable bonds is 4. The van der Waals surface area contributed by atoms with Gasteiger partial charge in [0.2, 0.25) is 0 Å². The molecular formula is C20H21N. The Labute approximate surface area is 126 Å². The van der Waals surface area contributed by atoms with Crippen LogP contribution < -0.4 is 0 Å². The van der Waals surface area contributed by atoms with Gasteiger partial charge in [0, 0.05) is 17.4 Å². The fourth-order valence-electron chi connectivity index (χ4n) is 3.09. The van der Waals surface area contributed by atoms with E-state index in [0.717, 1.165) is 13.0 Å². The van der Waals surface area contributed by atoms with Crippen molar-refractivity contribution in [2.24, 2.45) is 0 Å². The molecule has 0 unspecified atom stereocenters. The lowest BCUT2D eigenvalue weighted by atomic mass is 10.0. The van der Waals surface area contributed by atoms with E-state index < -0.39 is 0 Å². The van der Waals surface area contributed by atoms with Crippen LogP contribution in [0.3, 0.4) is 0 Å². The van der Waals surface area contributed by atoms with Crippen LogP contribution in [-0.2, 0) is 13.0 Å².